The summed E-state index contributed by atoms with van der Waals surface area (Å²) in [5.41, 5.74) is -0.708. The van der Waals surface area contributed by atoms with Crippen molar-refractivity contribution in [3.8, 4) is 0 Å². The molecule has 2 saturated heterocycles. The Hall–Kier alpha value is -1.15. The van der Waals surface area contributed by atoms with Crippen LogP contribution in [0.15, 0.2) is 22.5 Å². The summed E-state index contributed by atoms with van der Waals surface area (Å²) in [6.45, 7) is 9.71. The van der Waals surface area contributed by atoms with E-state index in [1.54, 1.807) is 0 Å². The molecule has 2 fully saturated rings. The van der Waals surface area contributed by atoms with E-state index in [0.717, 1.165) is 45.2 Å². The Morgan fingerprint density at radius 1 is 1.32 bits per heavy atom. The highest BCUT2D eigenvalue weighted by molar-refractivity contribution is 7.09. The first-order valence-electron chi connectivity index (χ1n) is 9.27. The molecule has 0 atom stereocenters. The Balaban J connectivity index is 1.53. The number of thiophene rings is 1. The number of aliphatic hydroxyl groups is 1. The number of rotatable bonds is 5. The summed E-state index contributed by atoms with van der Waals surface area (Å²) in [5.74, 6) is 0.929. The molecule has 1 aromatic heterocycles. The molecular formula is C18H30N4O2S. The zero-order valence-corrected chi connectivity index (χ0v) is 15.9. The summed E-state index contributed by atoms with van der Waals surface area (Å²) < 4.78 is 5.35. The number of ether oxygens (including phenoxy) is 1. The predicted molar refractivity (Wildman–Crippen MR) is 102 cm³/mol. The summed E-state index contributed by atoms with van der Waals surface area (Å²) in [6.07, 6.45) is 1.34. The molecule has 7 heteroatoms. The van der Waals surface area contributed by atoms with Crippen molar-refractivity contribution >= 4 is 17.3 Å². The van der Waals surface area contributed by atoms with Crippen molar-refractivity contribution in [1.82, 2.24) is 15.1 Å². The molecule has 3 heterocycles. The van der Waals surface area contributed by atoms with Crippen molar-refractivity contribution < 1.29 is 9.84 Å². The first-order chi connectivity index (χ1) is 12.2. The normalized spacial score (nSPS) is 22.2. The smallest absolute Gasteiger partial charge is 0.194 e. The van der Waals surface area contributed by atoms with Gasteiger partial charge in [0.25, 0.3) is 0 Å². The predicted octanol–water partition coefficient (Wildman–Crippen LogP) is 1.37. The maximum atomic E-state index is 10.6. The highest BCUT2D eigenvalue weighted by Crippen LogP contribution is 2.21. The minimum Gasteiger partial charge on any atom is -0.388 e. The van der Waals surface area contributed by atoms with Crippen molar-refractivity contribution in [1.29, 1.82) is 0 Å². The van der Waals surface area contributed by atoms with Gasteiger partial charge in [0.1, 0.15) is 0 Å². The van der Waals surface area contributed by atoms with Crippen LogP contribution >= 0.6 is 11.3 Å². The molecule has 0 bridgehead atoms. The van der Waals surface area contributed by atoms with E-state index in [9.17, 15) is 5.11 Å². The Morgan fingerprint density at radius 2 is 2.08 bits per heavy atom. The largest absolute Gasteiger partial charge is 0.388 e. The maximum Gasteiger partial charge on any atom is 0.194 e. The van der Waals surface area contributed by atoms with Crippen LogP contribution in [-0.4, -0.2) is 78.9 Å². The van der Waals surface area contributed by atoms with Gasteiger partial charge in [-0.2, -0.15) is 0 Å². The SMILES string of the molecule is CCNC(=NCC1(O)CCOCC1)N1CCN(Cc2cccs2)CC1. The van der Waals surface area contributed by atoms with E-state index in [1.165, 1.54) is 4.88 Å². The van der Waals surface area contributed by atoms with Crippen LogP contribution in [0.5, 0.6) is 0 Å². The molecular weight excluding hydrogens is 336 g/mol. The van der Waals surface area contributed by atoms with Crippen LogP contribution < -0.4 is 5.32 Å². The molecule has 25 heavy (non-hydrogen) atoms. The maximum absolute atomic E-state index is 10.6. The van der Waals surface area contributed by atoms with Crippen LogP contribution in [0.25, 0.3) is 0 Å². The second-order valence-electron chi connectivity index (χ2n) is 6.85. The zero-order valence-electron chi connectivity index (χ0n) is 15.1. The molecule has 0 saturated carbocycles. The quantitative estimate of drug-likeness (QED) is 0.609. The number of hydrogen-bond donors (Lipinski definition) is 2. The molecule has 2 aliphatic heterocycles. The Labute approximate surface area is 154 Å². The monoisotopic (exact) mass is 366 g/mol. The van der Waals surface area contributed by atoms with Crippen LogP contribution in [0, 0.1) is 0 Å². The van der Waals surface area contributed by atoms with Crippen molar-refractivity contribution in [2.24, 2.45) is 4.99 Å². The van der Waals surface area contributed by atoms with Gasteiger partial charge in [-0.25, -0.2) is 0 Å². The lowest BCUT2D eigenvalue weighted by Gasteiger charge is -2.37. The lowest BCUT2D eigenvalue weighted by Crippen LogP contribution is -2.52. The third-order valence-electron chi connectivity index (χ3n) is 4.91. The Morgan fingerprint density at radius 3 is 2.72 bits per heavy atom. The minimum atomic E-state index is -0.708. The summed E-state index contributed by atoms with van der Waals surface area (Å²) in [4.78, 5) is 11.0. The molecule has 0 radical (unpaired) electrons. The molecule has 140 valence electrons. The molecule has 0 aliphatic carbocycles. The van der Waals surface area contributed by atoms with Crippen LogP contribution in [0.2, 0.25) is 0 Å². The van der Waals surface area contributed by atoms with Crippen molar-refractivity contribution in [2.75, 3.05) is 52.5 Å². The minimum absolute atomic E-state index is 0.452. The molecule has 6 nitrogen and oxygen atoms in total. The fraction of sp³-hybridized carbons (Fsp3) is 0.722. The summed E-state index contributed by atoms with van der Waals surface area (Å²) in [6, 6.07) is 4.32. The van der Waals surface area contributed by atoms with Crippen LogP contribution in [-0.2, 0) is 11.3 Å². The van der Waals surface area contributed by atoms with E-state index < -0.39 is 5.60 Å². The molecule has 0 amide bonds. The molecule has 3 rings (SSSR count). The first-order valence-corrected chi connectivity index (χ1v) is 10.1. The number of piperazine rings is 1. The number of aliphatic imine (C=N–C) groups is 1. The van der Waals surface area contributed by atoms with Gasteiger partial charge in [0.15, 0.2) is 5.96 Å². The van der Waals surface area contributed by atoms with Crippen LogP contribution in [0.1, 0.15) is 24.6 Å². The fourth-order valence-electron chi connectivity index (χ4n) is 3.30. The van der Waals surface area contributed by atoms with Gasteiger partial charge in [-0.05, 0) is 18.4 Å². The molecule has 2 N–H and O–H groups in total. The third-order valence-corrected chi connectivity index (χ3v) is 5.77. The van der Waals surface area contributed by atoms with E-state index in [-0.39, 0.29) is 0 Å². The standard InChI is InChI=1S/C18H30N4O2S/c1-2-19-17(20-15-18(23)5-11-24-12-6-18)22-9-7-21(8-10-22)14-16-4-3-13-25-16/h3-4,13,23H,2,5-12,14-15H2,1H3,(H,19,20). The summed E-state index contributed by atoms with van der Waals surface area (Å²) in [7, 11) is 0. The van der Waals surface area contributed by atoms with E-state index >= 15 is 0 Å². The fourth-order valence-corrected chi connectivity index (χ4v) is 4.04. The lowest BCUT2D eigenvalue weighted by atomic mass is 9.95. The highest BCUT2D eigenvalue weighted by atomic mass is 32.1. The second kappa shape index (κ2) is 8.98. The Kier molecular flexibility index (Phi) is 6.70. The Bertz CT molecular complexity index is 535. The van der Waals surface area contributed by atoms with Crippen LogP contribution in [0.4, 0.5) is 0 Å². The lowest BCUT2D eigenvalue weighted by molar-refractivity contribution is -0.0567. The third kappa shape index (κ3) is 5.41. The second-order valence-corrected chi connectivity index (χ2v) is 7.88. The molecule has 0 aromatic carbocycles. The topological polar surface area (TPSA) is 60.3 Å². The molecule has 2 aliphatic rings. The molecule has 0 spiro atoms. The van der Waals surface area contributed by atoms with Gasteiger partial charge in [0.05, 0.1) is 12.1 Å². The van der Waals surface area contributed by atoms with E-state index in [1.807, 2.05) is 11.3 Å². The van der Waals surface area contributed by atoms with E-state index in [0.29, 0.717) is 32.6 Å². The average Bonchev–Trinajstić information content (AvgIpc) is 3.13. The number of nitrogens with one attached hydrogen (secondary N) is 1. The van der Waals surface area contributed by atoms with Gasteiger partial charge in [0, 0.05) is 70.2 Å². The number of nitrogens with zero attached hydrogens (tertiary/aromatic N) is 3. The van der Waals surface area contributed by atoms with Gasteiger partial charge >= 0.3 is 0 Å². The molecule has 0 unspecified atom stereocenters. The van der Waals surface area contributed by atoms with E-state index in [2.05, 4.69) is 39.6 Å². The van der Waals surface area contributed by atoms with Gasteiger partial charge in [-0.15, -0.1) is 11.3 Å². The summed E-state index contributed by atoms with van der Waals surface area (Å²) >= 11 is 1.83. The number of guanidine groups is 1. The highest BCUT2D eigenvalue weighted by Gasteiger charge is 2.30. The van der Waals surface area contributed by atoms with Crippen molar-refractivity contribution in [2.45, 2.75) is 31.9 Å². The average molecular weight is 367 g/mol. The van der Waals surface area contributed by atoms with Crippen LogP contribution in [0.3, 0.4) is 0 Å². The van der Waals surface area contributed by atoms with Crippen molar-refractivity contribution in [3.05, 3.63) is 22.4 Å². The van der Waals surface area contributed by atoms with Gasteiger partial charge in [-0.3, -0.25) is 9.89 Å². The molecule has 1 aromatic rings. The van der Waals surface area contributed by atoms with Gasteiger partial charge in [-0.1, -0.05) is 6.07 Å². The van der Waals surface area contributed by atoms with Gasteiger partial charge < -0.3 is 20.1 Å². The van der Waals surface area contributed by atoms with E-state index in [4.69, 9.17) is 9.73 Å². The number of hydrogen-bond acceptors (Lipinski definition) is 5. The van der Waals surface area contributed by atoms with Gasteiger partial charge in [0.2, 0.25) is 0 Å². The first kappa shape index (κ1) is 18.6. The summed E-state index contributed by atoms with van der Waals surface area (Å²) in [5, 5.41) is 16.2. The van der Waals surface area contributed by atoms with Crippen molar-refractivity contribution in [3.63, 3.8) is 0 Å². The zero-order chi connectivity index (χ0) is 17.5.